The fraction of sp³-hybridized carbons (Fsp3) is 0.278. The number of halogens is 2. The zero-order chi connectivity index (χ0) is 16.7. The van der Waals surface area contributed by atoms with Crippen molar-refractivity contribution in [2.75, 3.05) is 6.54 Å². The number of aromatic amines is 1. The van der Waals surface area contributed by atoms with Crippen molar-refractivity contribution in [3.05, 3.63) is 51.9 Å². The summed E-state index contributed by atoms with van der Waals surface area (Å²) in [5.41, 5.74) is 2.35. The van der Waals surface area contributed by atoms with Crippen molar-refractivity contribution in [1.82, 2.24) is 9.88 Å². The number of benzene rings is 1. The third-order valence-corrected chi connectivity index (χ3v) is 5.06. The summed E-state index contributed by atoms with van der Waals surface area (Å²) >= 11 is 3.64. The van der Waals surface area contributed by atoms with Gasteiger partial charge in [-0.2, -0.15) is 0 Å². The van der Waals surface area contributed by atoms with Gasteiger partial charge in [0.25, 0.3) is 0 Å². The standard InChI is InChI=1S/C18H16BrFN2O2/c19-11-1-6-16-15(9-11)14-7-8-22(10-17(14)21-16)18(23)24-13-4-2-12(20)3-5-13/h2-6,9,11,21H,1,7-8,10H2. The second kappa shape index (κ2) is 6.09. The molecule has 1 aliphatic carbocycles. The van der Waals surface area contributed by atoms with Gasteiger partial charge in [0.2, 0.25) is 0 Å². The van der Waals surface area contributed by atoms with Gasteiger partial charge in [-0.3, -0.25) is 0 Å². The number of rotatable bonds is 1. The number of aromatic nitrogens is 1. The summed E-state index contributed by atoms with van der Waals surface area (Å²) in [6.45, 7) is 1.11. The molecule has 1 amide bonds. The Balaban J connectivity index is 1.53. The third kappa shape index (κ3) is 2.86. The lowest BCUT2D eigenvalue weighted by molar-refractivity contribution is 0.146. The van der Waals surface area contributed by atoms with Crippen molar-refractivity contribution in [1.29, 1.82) is 0 Å². The first kappa shape index (κ1) is 15.4. The smallest absolute Gasteiger partial charge is 0.410 e. The van der Waals surface area contributed by atoms with E-state index in [2.05, 4.69) is 33.1 Å². The van der Waals surface area contributed by atoms with E-state index >= 15 is 0 Å². The van der Waals surface area contributed by atoms with E-state index in [4.69, 9.17) is 4.74 Å². The zero-order valence-electron chi connectivity index (χ0n) is 12.9. The van der Waals surface area contributed by atoms with Crippen LogP contribution in [-0.2, 0) is 13.0 Å². The number of hydrogen-bond donors (Lipinski definition) is 1. The Morgan fingerprint density at radius 2 is 2.12 bits per heavy atom. The molecule has 4 rings (SSSR count). The molecule has 1 aromatic carbocycles. The molecular formula is C18H16BrFN2O2. The van der Waals surface area contributed by atoms with Crippen LogP contribution in [0.2, 0.25) is 0 Å². The van der Waals surface area contributed by atoms with Gasteiger partial charge in [0.1, 0.15) is 11.6 Å². The van der Waals surface area contributed by atoms with Crippen molar-refractivity contribution < 1.29 is 13.9 Å². The molecule has 2 aromatic rings. The summed E-state index contributed by atoms with van der Waals surface area (Å²) in [5.74, 6) is -0.00579. The van der Waals surface area contributed by atoms with Crippen LogP contribution in [0.5, 0.6) is 5.75 Å². The Morgan fingerprint density at radius 3 is 2.92 bits per heavy atom. The number of fused-ring (bicyclic) bond motifs is 3. The molecule has 6 heteroatoms. The molecule has 1 aliphatic heterocycles. The number of carbonyl (C=O) groups excluding carboxylic acids is 1. The number of alkyl halides is 1. The Bertz CT molecular complexity index is 904. The van der Waals surface area contributed by atoms with Crippen molar-refractivity contribution in [2.45, 2.75) is 24.2 Å². The first-order valence-corrected chi connectivity index (χ1v) is 8.80. The van der Waals surface area contributed by atoms with Crippen molar-refractivity contribution >= 4 is 34.2 Å². The number of amides is 1. The highest BCUT2D eigenvalue weighted by molar-refractivity contribution is 9.09. The van der Waals surface area contributed by atoms with E-state index in [1.54, 1.807) is 4.90 Å². The van der Waals surface area contributed by atoms with Crippen LogP contribution in [0, 0.1) is 5.82 Å². The Morgan fingerprint density at radius 1 is 1.33 bits per heavy atom. The van der Waals surface area contributed by atoms with Gasteiger partial charge in [0, 0.05) is 22.4 Å². The van der Waals surface area contributed by atoms with Crippen LogP contribution in [0.25, 0.3) is 12.2 Å². The molecule has 0 saturated heterocycles. The van der Waals surface area contributed by atoms with Gasteiger partial charge >= 0.3 is 6.09 Å². The van der Waals surface area contributed by atoms with Gasteiger partial charge in [0.05, 0.1) is 6.54 Å². The largest absolute Gasteiger partial charge is 0.415 e. The van der Waals surface area contributed by atoms with Gasteiger partial charge in [-0.15, -0.1) is 0 Å². The van der Waals surface area contributed by atoms with Gasteiger partial charge in [-0.25, -0.2) is 9.18 Å². The maximum Gasteiger partial charge on any atom is 0.415 e. The van der Waals surface area contributed by atoms with Crippen LogP contribution in [-0.4, -0.2) is 27.3 Å². The molecule has 2 aliphatic rings. The minimum Gasteiger partial charge on any atom is -0.410 e. The van der Waals surface area contributed by atoms with Crippen LogP contribution in [0.3, 0.4) is 0 Å². The molecule has 1 aromatic heterocycles. The molecule has 2 heterocycles. The van der Waals surface area contributed by atoms with Crippen LogP contribution in [0.15, 0.2) is 24.3 Å². The molecule has 0 radical (unpaired) electrons. The molecule has 0 fully saturated rings. The van der Waals surface area contributed by atoms with E-state index in [1.807, 2.05) is 0 Å². The molecule has 1 unspecified atom stereocenters. The van der Waals surface area contributed by atoms with Gasteiger partial charge in [0.15, 0.2) is 0 Å². The number of nitrogens with one attached hydrogen (secondary N) is 1. The second-order valence-corrected chi connectivity index (χ2v) is 7.20. The monoisotopic (exact) mass is 390 g/mol. The highest BCUT2D eigenvalue weighted by atomic mass is 79.9. The summed E-state index contributed by atoms with van der Waals surface area (Å²) < 4.78 is 18.2. The van der Waals surface area contributed by atoms with E-state index in [0.717, 1.165) is 23.9 Å². The first-order chi connectivity index (χ1) is 11.6. The third-order valence-electron chi connectivity index (χ3n) is 4.42. The van der Waals surface area contributed by atoms with E-state index < -0.39 is 6.09 Å². The lowest BCUT2D eigenvalue weighted by Gasteiger charge is -2.26. The summed E-state index contributed by atoms with van der Waals surface area (Å²) in [5, 5.41) is 2.40. The normalized spacial score (nSPS) is 18.9. The van der Waals surface area contributed by atoms with Gasteiger partial charge in [-0.1, -0.05) is 28.1 Å². The van der Waals surface area contributed by atoms with Gasteiger partial charge < -0.3 is 14.6 Å². The first-order valence-electron chi connectivity index (χ1n) is 7.88. The molecule has 24 heavy (non-hydrogen) atoms. The maximum absolute atomic E-state index is 12.9. The minimum atomic E-state index is -0.411. The van der Waals surface area contributed by atoms with E-state index in [0.29, 0.717) is 23.7 Å². The van der Waals surface area contributed by atoms with E-state index in [9.17, 15) is 9.18 Å². The Hall–Kier alpha value is -2.08. The molecular weight excluding hydrogens is 375 g/mol. The molecule has 0 saturated carbocycles. The van der Waals surface area contributed by atoms with Gasteiger partial charge in [-0.05, 0) is 47.9 Å². The van der Waals surface area contributed by atoms with Crippen molar-refractivity contribution in [3.63, 3.8) is 0 Å². The molecule has 124 valence electrons. The highest BCUT2D eigenvalue weighted by Crippen LogP contribution is 2.18. The number of hydrogen-bond acceptors (Lipinski definition) is 2. The summed E-state index contributed by atoms with van der Waals surface area (Å²) in [4.78, 5) is 17.8. The Kier molecular flexibility index (Phi) is 3.92. The zero-order valence-corrected chi connectivity index (χ0v) is 14.5. The fourth-order valence-electron chi connectivity index (χ4n) is 3.22. The van der Waals surface area contributed by atoms with Crippen molar-refractivity contribution in [2.24, 2.45) is 0 Å². The highest BCUT2D eigenvalue weighted by Gasteiger charge is 2.25. The van der Waals surface area contributed by atoms with E-state index in [-0.39, 0.29) is 5.82 Å². The fourth-order valence-corrected chi connectivity index (χ4v) is 3.67. The summed E-state index contributed by atoms with van der Waals surface area (Å²) in [6, 6.07) is 5.46. The predicted molar refractivity (Wildman–Crippen MR) is 92.8 cm³/mol. The number of H-pyrrole nitrogens is 1. The minimum absolute atomic E-state index is 0.349. The average Bonchev–Trinajstić information content (AvgIpc) is 2.94. The SMILES string of the molecule is O=C(Oc1ccc(F)cc1)N1CCc2c([nH]c3c2=CC(Br)CC=3)C1. The molecule has 1 atom stereocenters. The maximum atomic E-state index is 12.9. The quantitative estimate of drug-likeness (QED) is 0.760. The lowest BCUT2D eigenvalue weighted by Crippen LogP contribution is -2.39. The van der Waals surface area contributed by atoms with Crippen molar-refractivity contribution in [3.8, 4) is 5.75 Å². The van der Waals surface area contributed by atoms with Crippen LogP contribution in [0.1, 0.15) is 17.7 Å². The molecule has 0 spiro atoms. The predicted octanol–water partition coefficient (Wildman–Crippen LogP) is 2.44. The van der Waals surface area contributed by atoms with Crippen LogP contribution in [0.4, 0.5) is 9.18 Å². The molecule has 0 bridgehead atoms. The Labute approximate surface area is 146 Å². The lowest BCUT2D eigenvalue weighted by atomic mass is 10.0. The topological polar surface area (TPSA) is 45.3 Å². The summed E-state index contributed by atoms with van der Waals surface area (Å²) in [6.07, 6.45) is 5.77. The summed E-state index contributed by atoms with van der Waals surface area (Å²) in [7, 11) is 0. The molecule has 4 nitrogen and oxygen atoms in total. The van der Waals surface area contributed by atoms with E-state index in [1.165, 1.54) is 35.0 Å². The molecule has 1 N–H and O–H groups in total. The van der Waals surface area contributed by atoms with Crippen LogP contribution < -0.4 is 15.3 Å². The van der Waals surface area contributed by atoms with Crippen LogP contribution >= 0.6 is 15.9 Å². The second-order valence-electron chi connectivity index (χ2n) is 6.03. The number of carbonyl (C=O) groups is 1. The number of nitrogens with zero attached hydrogens (tertiary/aromatic N) is 1. The number of ether oxygens (including phenoxy) is 1. The average molecular weight is 391 g/mol.